The minimum atomic E-state index is 0.325. The van der Waals surface area contributed by atoms with Gasteiger partial charge in [-0.15, -0.1) is 0 Å². The van der Waals surface area contributed by atoms with Crippen molar-refractivity contribution in [2.24, 2.45) is 0 Å². The van der Waals surface area contributed by atoms with E-state index in [9.17, 15) is 0 Å². The van der Waals surface area contributed by atoms with Crippen LogP contribution in [0.2, 0.25) is 5.02 Å². The molecular formula is C11H13ClN2S. The Balaban J connectivity index is 2.86. The van der Waals surface area contributed by atoms with Crippen molar-refractivity contribution in [1.82, 2.24) is 0 Å². The fourth-order valence-electron chi connectivity index (χ4n) is 1.32. The normalized spacial score (nSPS) is 11.9. The summed E-state index contributed by atoms with van der Waals surface area (Å²) in [6.45, 7) is 2.08. The van der Waals surface area contributed by atoms with Crippen LogP contribution < -0.4 is 5.32 Å². The highest BCUT2D eigenvalue weighted by atomic mass is 35.5. The van der Waals surface area contributed by atoms with E-state index in [2.05, 4.69) is 24.6 Å². The van der Waals surface area contributed by atoms with Crippen LogP contribution in [0.15, 0.2) is 18.2 Å². The number of anilines is 1. The molecule has 1 atom stereocenters. The molecule has 0 spiro atoms. The van der Waals surface area contributed by atoms with Gasteiger partial charge in [0, 0.05) is 11.8 Å². The molecule has 0 heterocycles. The Labute approximate surface area is 99.6 Å². The van der Waals surface area contributed by atoms with Crippen LogP contribution >= 0.6 is 23.4 Å². The molecule has 2 nitrogen and oxygen atoms in total. The Morgan fingerprint density at radius 1 is 1.60 bits per heavy atom. The fraction of sp³-hybridized carbons (Fsp3) is 0.364. The van der Waals surface area contributed by atoms with Gasteiger partial charge in [0.05, 0.1) is 16.3 Å². The van der Waals surface area contributed by atoms with Crippen molar-refractivity contribution >= 4 is 29.1 Å². The third-order valence-corrected chi connectivity index (χ3v) is 3.09. The maximum absolute atomic E-state index is 8.96. The minimum Gasteiger partial charge on any atom is -0.381 e. The SMILES string of the molecule is CSCC(C)Nc1cccc(Cl)c1C#N. The summed E-state index contributed by atoms with van der Waals surface area (Å²) in [4.78, 5) is 0. The van der Waals surface area contributed by atoms with Crippen LogP contribution in [-0.4, -0.2) is 18.1 Å². The highest BCUT2D eigenvalue weighted by molar-refractivity contribution is 7.98. The van der Waals surface area contributed by atoms with Crippen LogP contribution in [0.25, 0.3) is 0 Å². The topological polar surface area (TPSA) is 35.8 Å². The predicted molar refractivity (Wildman–Crippen MR) is 67.6 cm³/mol. The second-order valence-corrected chi connectivity index (χ2v) is 4.59. The Bertz CT molecular complexity index is 373. The molecule has 1 aromatic carbocycles. The molecule has 0 radical (unpaired) electrons. The molecular weight excluding hydrogens is 228 g/mol. The lowest BCUT2D eigenvalue weighted by Gasteiger charge is -2.15. The van der Waals surface area contributed by atoms with Crippen LogP contribution in [0, 0.1) is 11.3 Å². The lowest BCUT2D eigenvalue weighted by Crippen LogP contribution is -2.18. The fourth-order valence-corrected chi connectivity index (χ4v) is 2.12. The van der Waals surface area contributed by atoms with Gasteiger partial charge >= 0.3 is 0 Å². The monoisotopic (exact) mass is 240 g/mol. The van der Waals surface area contributed by atoms with Crippen molar-refractivity contribution in [3.8, 4) is 6.07 Å². The Morgan fingerprint density at radius 2 is 2.33 bits per heavy atom. The van der Waals surface area contributed by atoms with Gasteiger partial charge in [0.2, 0.25) is 0 Å². The third-order valence-electron chi connectivity index (χ3n) is 1.94. The summed E-state index contributed by atoms with van der Waals surface area (Å²) in [5.41, 5.74) is 1.33. The Kier molecular flexibility index (Phi) is 4.80. The zero-order valence-electron chi connectivity index (χ0n) is 8.75. The van der Waals surface area contributed by atoms with E-state index >= 15 is 0 Å². The van der Waals surface area contributed by atoms with E-state index in [0.717, 1.165) is 11.4 Å². The maximum Gasteiger partial charge on any atom is 0.103 e. The number of halogens is 1. The lowest BCUT2D eigenvalue weighted by molar-refractivity contribution is 0.913. The standard InChI is InChI=1S/C11H13ClN2S/c1-8(7-15-2)14-11-5-3-4-10(12)9(11)6-13/h3-5,8,14H,7H2,1-2H3. The largest absolute Gasteiger partial charge is 0.381 e. The number of nitriles is 1. The zero-order chi connectivity index (χ0) is 11.3. The smallest absolute Gasteiger partial charge is 0.103 e. The predicted octanol–water partition coefficient (Wildman–Crippen LogP) is 3.38. The summed E-state index contributed by atoms with van der Waals surface area (Å²) in [5.74, 6) is 0.997. The van der Waals surface area contributed by atoms with Gasteiger partial charge in [-0.3, -0.25) is 0 Å². The molecule has 1 rings (SSSR count). The summed E-state index contributed by atoms with van der Waals surface area (Å²) in [6.07, 6.45) is 2.06. The average molecular weight is 241 g/mol. The van der Waals surface area contributed by atoms with Gasteiger partial charge in [-0.1, -0.05) is 17.7 Å². The lowest BCUT2D eigenvalue weighted by atomic mass is 10.2. The number of hydrogen-bond donors (Lipinski definition) is 1. The molecule has 0 saturated carbocycles. The summed E-state index contributed by atoms with van der Waals surface area (Å²) < 4.78 is 0. The second-order valence-electron chi connectivity index (χ2n) is 3.27. The molecule has 15 heavy (non-hydrogen) atoms. The molecule has 0 aliphatic carbocycles. The molecule has 0 fully saturated rings. The van der Waals surface area contributed by atoms with Crippen molar-refractivity contribution < 1.29 is 0 Å². The van der Waals surface area contributed by atoms with E-state index in [1.807, 2.05) is 12.1 Å². The molecule has 0 aliphatic rings. The molecule has 1 aromatic rings. The average Bonchev–Trinajstić information content (AvgIpc) is 2.18. The summed E-state index contributed by atoms with van der Waals surface area (Å²) in [6, 6.07) is 7.88. The first-order chi connectivity index (χ1) is 7.19. The second kappa shape index (κ2) is 5.89. The van der Waals surface area contributed by atoms with E-state index in [0.29, 0.717) is 16.6 Å². The number of hydrogen-bond acceptors (Lipinski definition) is 3. The highest BCUT2D eigenvalue weighted by Crippen LogP contribution is 2.24. The quantitative estimate of drug-likeness (QED) is 0.877. The molecule has 0 bridgehead atoms. The van der Waals surface area contributed by atoms with E-state index in [-0.39, 0.29) is 0 Å². The van der Waals surface area contributed by atoms with E-state index < -0.39 is 0 Å². The molecule has 0 saturated heterocycles. The highest BCUT2D eigenvalue weighted by Gasteiger charge is 2.08. The summed E-state index contributed by atoms with van der Waals surface area (Å²) >= 11 is 7.69. The van der Waals surface area contributed by atoms with E-state index in [4.69, 9.17) is 16.9 Å². The molecule has 1 unspecified atom stereocenters. The number of nitrogens with zero attached hydrogens (tertiary/aromatic N) is 1. The van der Waals surface area contributed by atoms with Gasteiger partial charge in [0.15, 0.2) is 0 Å². The van der Waals surface area contributed by atoms with Crippen LogP contribution in [0.3, 0.4) is 0 Å². The van der Waals surface area contributed by atoms with Gasteiger partial charge in [0.1, 0.15) is 6.07 Å². The molecule has 0 aromatic heterocycles. The van der Waals surface area contributed by atoms with Crippen LogP contribution in [0.4, 0.5) is 5.69 Å². The molecule has 0 aliphatic heterocycles. The van der Waals surface area contributed by atoms with Crippen LogP contribution in [0.1, 0.15) is 12.5 Å². The van der Waals surface area contributed by atoms with Gasteiger partial charge in [-0.05, 0) is 25.3 Å². The molecule has 80 valence electrons. The number of nitrogens with one attached hydrogen (secondary N) is 1. The van der Waals surface area contributed by atoms with Crippen LogP contribution in [-0.2, 0) is 0 Å². The van der Waals surface area contributed by atoms with Gasteiger partial charge in [-0.25, -0.2) is 0 Å². The summed E-state index contributed by atoms with van der Waals surface area (Å²) in [7, 11) is 0. The Morgan fingerprint density at radius 3 is 2.93 bits per heavy atom. The first kappa shape index (κ1) is 12.2. The number of thioether (sulfide) groups is 1. The number of rotatable bonds is 4. The molecule has 4 heteroatoms. The maximum atomic E-state index is 8.96. The van der Waals surface area contributed by atoms with Gasteiger partial charge < -0.3 is 5.32 Å². The van der Waals surface area contributed by atoms with Gasteiger partial charge in [0.25, 0.3) is 0 Å². The minimum absolute atomic E-state index is 0.325. The van der Waals surface area contributed by atoms with Crippen molar-refractivity contribution in [2.75, 3.05) is 17.3 Å². The molecule has 1 N–H and O–H groups in total. The third kappa shape index (κ3) is 3.33. The first-order valence-corrected chi connectivity index (χ1v) is 6.40. The van der Waals surface area contributed by atoms with Crippen molar-refractivity contribution in [3.05, 3.63) is 28.8 Å². The van der Waals surface area contributed by atoms with Crippen molar-refractivity contribution in [2.45, 2.75) is 13.0 Å². The summed E-state index contributed by atoms with van der Waals surface area (Å²) in [5, 5.41) is 12.7. The van der Waals surface area contributed by atoms with Crippen LogP contribution in [0.5, 0.6) is 0 Å². The first-order valence-electron chi connectivity index (χ1n) is 4.63. The van der Waals surface area contributed by atoms with Crippen molar-refractivity contribution in [3.63, 3.8) is 0 Å². The van der Waals surface area contributed by atoms with Crippen molar-refractivity contribution in [1.29, 1.82) is 5.26 Å². The zero-order valence-corrected chi connectivity index (χ0v) is 10.3. The Hall–Kier alpha value is -0.850. The van der Waals surface area contributed by atoms with Gasteiger partial charge in [-0.2, -0.15) is 17.0 Å². The van der Waals surface area contributed by atoms with E-state index in [1.165, 1.54) is 0 Å². The number of benzene rings is 1. The molecule has 0 amide bonds. The van der Waals surface area contributed by atoms with E-state index in [1.54, 1.807) is 17.8 Å².